The summed E-state index contributed by atoms with van der Waals surface area (Å²) in [5.41, 5.74) is 0.546. The van der Waals surface area contributed by atoms with E-state index in [1.165, 1.54) is 41.7 Å². The van der Waals surface area contributed by atoms with Gasteiger partial charge in [-0.2, -0.15) is 4.31 Å². The molecule has 1 N–H and O–H groups in total. The number of methoxy groups -OCH3 is 1. The Morgan fingerprint density at radius 2 is 1.72 bits per heavy atom. The fourth-order valence-electron chi connectivity index (χ4n) is 2.83. The van der Waals surface area contributed by atoms with Crippen molar-refractivity contribution < 1.29 is 30.7 Å². The SMILES string of the molecule is COc1ccc(F)cc1S(=O)(=O)NCc1ccc(S(=O)(=O)N2CCOCC2)cc1. The lowest BCUT2D eigenvalue weighted by Crippen LogP contribution is -2.40. The largest absolute Gasteiger partial charge is 0.495 e. The molecule has 2 aromatic carbocycles. The smallest absolute Gasteiger partial charge is 0.244 e. The van der Waals surface area contributed by atoms with E-state index in [-0.39, 0.29) is 22.1 Å². The second kappa shape index (κ2) is 8.76. The van der Waals surface area contributed by atoms with E-state index in [0.717, 1.165) is 12.1 Å². The van der Waals surface area contributed by atoms with Crippen molar-refractivity contribution in [2.75, 3.05) is 33.4 Å². The highest BCUT2D eigenvalue weighted by atomic mass is 32.2. The molecule has 0 aliphatic carbocycles. The van der Waals surface area contributed by atoms with Crippen LogP contribution in [0, 0.1) is 5.82 Å². The average Bonchev–Trinajstić information content (AvgIpc) is 2.73. The third-order valence-corrected chi connectivity index (χ3v) is 7.75. The van der Waals surface area contributed by atoms with Crippen LogP contribution in [0.2, 0.25) is 0 Å². The minimum absolute atomic E-state index is 0.0193. The zero-order valence-corrected chi connectivity index (χ0v) is 17.3. The Balaban J connectivity index is 1.73. The van der Waals surface area contributed by atoms with Gasteiger partial charge in [-0.1, -0.05) is 12.1 Å². The van der Waals surface area contributed by atoms with Crippen molar-refractivity contribution in [3.63, 3.8) is 0 Å². The number of nitrogens with zero attached hydrogens (tertiary/aromatic N) is 1. The van der Waals surface area contributed by atoms with E-state index in [4.69, 9.17) is 9.47 Å². The Kier molecular flexibility index (Phi) is 6.54. The number of benzene rings is 2. The van der Waals surface area contributed by atoms with E-state index in [2.05, 4.69) is 4.72 Å². The summed E-state index contributed by atoms with van der Waals surface area (Å²) in [6.45, 7) is 1.18. The first kappa shape index (κ1) is 21.7. The monoisotopic (exact) mass is 444 g/mol. The topological polar surface area (TPSA) is 102 Å². The number of halogens is 1. The van der Waals surface area contributed by atoms with Crippen LogP contribution in [-0.4, -0.2) is 54.6 Å². The molecule has 1 aliphatic rings. The lowest BCUT2D eigenvalue weighted by Gasteiger charge is -2.26. The molecular formula is C18H21FN2O6S2. The van der Waals surface area contributed by atoms with Crippen LogP contribution in [-0.2, 0) is 31.3 Å². The summed E-state index contributed by atoms with van der Waals surface area (Å²) in [5, 5.41) is 0. The Morgan fingerprint density at radius 1 is 1.07 bits per heavy atom. The minimum Gasteiger partial charge on any atom is -0.495 e. The van der Waals surface area contributed by atoms with Gasteiger partial charge in [0.15, 0.2) is 0 Å². The molecule has 1 saturated heterocycles. The zero-order chi connectivity index (χ0) is 21.1. The van der Waals surface area contributed by atoms with Gasteiger partial charge in [-0.05, 0) is 35.9 Å². The molecule has 1 aliphatic heterocycles. The van der Waals surface area contributed by atoms with E-state index in [1.54, 1.807) is 0 Å². The van der Waals surface area contributed by atoms with Crippen molar-refractivity contribution in [1.29, 1.82) is 0 Å². The standard InChI is InChI=1S/C18H21FN2O6S2/c1-26-17-7-4-15(19)12-18(17)28(22,23)20-13-14-2-5-16(6-3-14)29(24,25)21-8-10-27-11-9-21/h2-7,12,20H,8-11,13H2,1H3. The molecule has 0 spiro atoms. The van der Waals surface area contributed by atoms with E-state index in [0.29, 0.717) is 31.9 Å². The number of hydrogen-bond acceptors (Lipinski definition) is 6. The van der Waals surface area contributed by atoms with Gasteiger partial charge in [0, 0.05) is 19.6 Å². The van der Waals surface area contributed by atoms with Crippen LogP contribution in [0.4, 0.5) is 4.39 Å². The second-order valence-corrected chi connectivity index (χ2v) is 9.95. The molecule has 0 atom stereocenters. The maximum atomic E-state index is 13.5. The van der Waals surface area contributed by atoms with E-state index >= 15 is 0 Å². The molecule has 0 amide bonds. The molecule has 8 nitrogen and oxygen atoms in total. The third kappa shape index (κ3) is 4.93. The highest BCUT2D eigenvalue weighted by molar-refractivity contribution is 7.89. The quantitative estimate of drug-likeness (QED) is 0.691. The number of morpholine rings is 1. The molecule has 0 unspecified atom stereocenters. The molecule has 0 bridgehead atoms. The molecule has 0 saturated carbocycles. The summed E-state index contributed by atoms with van der Waals surface area (Å²) in [7, 11) is -6.37. The van der Waals surface area contributed by atoms with Gasteiger partial charge in [0.2, 0.25) is 20.0 Å². The number of ether oxygens (including phenoxy) is 2. The van der Waals surface area contributed by atoms with Gasteiger partial charge in [-0.25, -0.2) is 25.9 Å². The Morgan fingerprint density at radius 3 is 2.34 bits per heavy atom. The maximum Gasteiger partial charge on any atom is 0.244 e. The van der Waals surface area contributed by atoms with Crippen molar-refractivity contribution in [3.8, 4) is 5.75 Å². The van der Waals surface area contributed by atoms with Gasteiger partial charge in [0.05, 0.1) is 25.2 Å². The summed E-state index contributed by atoms with van der Waals surface area (Å²) >= 11 is 0. The number of nitrogens with one attached hydrogen (secondary N) is 1. The fraction of sp³-hybridized carbons (Fsp3) is 0.333. The number of hydrogen-bond donors (Lipinski definition) is 1. The highest BCUT2D eigenvalue weighted by Gasteiger charge is 2.26. The molecule has 11 heteroatoms. The van der Waals surface area contributed by atoms with Crippen molar-refractivity contribution in [2.45, 2.75) is 16.3 Å². The summed E-state index contributed by atoms with van der Waals surface area (Å²) in [6, 6.07) is 9.12. The number of rotatable bonds is 7. The van der Waals surface area contributed by atoms with Crippen LogP contribution in [0.3, 0.4) is 0 Å². The third-order valence-electron chi connectivity index (χ3n) is 4.41. The molecule has 2 aromatic rings. The second-order valence-electron chi connectivity index (χ2n) is 6.28. The van der Waals surface area contributed by atoms with Gasteiger partial charge < -0.3 is 9.47 Å². The molecule has 3 rings (SSSR count). The van der Waals surface area contributed by atoms with E-state index in [9.17, 15) is 21.2 Å². The molecule has 0 radical (unpaired) electrons. The summed E-state index contributed by atoms with van der Waals surface area (Å²) in [4.78, 5) is -0.190. The van der Waals surface area contributed by atoms with Crippen molar-refractivity contribution in [3.05, 3.63) is 53.8 Å². The lowest BCUT2D eigenvalue weighted by molar-refractivity contribution is 0.0730. The first-order valence-electron chi connectivity index (χ1n) is 8.74. The van der Waals surface area contributed by atoms with E-state index < -0.39 is 25.9 Å². The molecular weight excluding hydrogens is 423 g/mol. The van der Waals surface area contributed by atoms with Crippen LogP contribution in [0.15, 0.2) is 52.3 Å². The molecule has 158 valence electrons. The average molecular weight is 445 g/mol. The van der Waals surface area contributed by atoms with Crippen molar-refractivity contribution in [1.82, 2.24) is 9.03 Å². The highest BCUT2D eigenvalue weighted by Crippen LogP contribution is 2.24. The Bertz CT molecular complexity index is 1070. The molecule has 0 aromatic heterocycles. The van der Waals surface area contributed by atoms with E-state index in [1.807, 2.05) is 0 Å². The summed E-state index contributed by atoms with van der Waals surface area (Å²) < 4.78 is 77.6. The van der Waals surface area contributed by atoms with Crippen LogP contribution in [0.5, 0.6) is 5.75 Å². The Labute approximate surface area is 169 Å². The predicted molar refractivity (Wildman–Crippen MR) is 103 cm³/mol. The van der Waals surface area contributed by atoms with Gasteiger partial charge >= 0.3 is 0 Å². The van der Waals surface area contributed by atoms with Crippen molar-refractivity contribution >= 4 is 20.0 Å². The van der Waals surface area contributed by atoms with Crippen LogP contribution in [0.25, 0.3) is 0 Å². The first-order valence-corrected chi connectivity index (χ1v) is 11.7. The molecule has 29 heavy (non-hydrogen) atoms. The lowest BCUT2D eigenvalue weighted by atomic mass is 10.2. The summed E-state index contributed by atoms with van der Waals surface area (Å²) in [6.07, 6.45) is 0. The van der Waals surface area contributed by atoms with Crippen LogP contribution >= 0.6 is 0 Å². The molecule has 1 heterocycles. The van der Waals surface area contributed by atoms with Gasteiger partial charge in [0.25, 0.3) is 0 Å². The van der Waals surface area contributed by atoms with Gasteiger partial charge in [-0.15, -0.1) is 0 Å². The minimum atomic E-state index is -4.03. The van der Waals surface area contributed by atoms with Crippen LogP contribution < -0.4 is 9.46 Å². The fourth-order valence-corrected chi connectivity index (χ4v) is 5.44. The summed E-state index contributed by atoms with van der Waals surface area (Å²) in [5.74, 6) is -0.685. The zero-order valence-electron chi connectivity index (χ0n) is 15.7. The van der Waals surface area contributed by atoms with Gasteiger partial charge in [-0.3, -0.25) is 0 Å². The Hall–Kier alpha value is -2.05. The first-order chi connectivity index (χ1) is 13.7. The van der Waals surface area contributed by atoms with Gasteiger partial charge in [0.1, 0.15) is 16.5 Å². The maximum absolute atomic E-state index is 13.5. The molecule has 1 fully saturated rings. The van der Waals surface area contributed by atoms with Crippen LogP contribution in [0.1, 0.15) is 5.56 Å². The number of sulfonamides is 2. The van der Waals surface area contributed by atoms with Crippen molar-refractivity contribution in [2.24, 2.45) is 0 Å². The predicted octanol–water partition coefficient (Wildman–Crippen LogP) is 1.33. The normalized spacial score (nSPS) is 15.9.